The molecule has 2 atom stereocenters. The van der Waals surface area contributed by atoms with Crippen molar-refractivity contribution in [2.75, 3.05) is 17.3 Å². The van der Waals surface area contributed by atoms with Crippen molar-refractivity contribution < 1.29 is 13.2 Å². The lowest BCUT2D eigenvalue weighted by Crippen LogP contribution is -2.47. The van der Waals surface area contributed by atoms with Crippen LogP contribution in [0.5, 0.6) is 0 Å². The number of hydrogen-bond donors (Lipinski definition) is 0. The summed E-state index contributed by atoms with van der Waals surface area (Å²) in [6.45, 7) is 4.00. The minimum Gasteiger partial charge on any atom is -0.335 e. The van der Waals surface area contributed by atoms with Gasteiger partial charge in [0.15, 0.2) is 9.84 Å². The van der Waals surface area contributed by atoms with Crippen LogP contribution in [0.1, 0.15) is 26.7 Å². The Labute approximate surface area is 156 Å². The molecule has 6 nitrogen and oxygen atoms in total. The van der Waals surface area contributed by atoms with Crippen molar-refractivity contribution in [3.63, 3.8) is 0 Å². The van der Waals surface area contributed by atoms with Crippen molar-refractivity contribution in [1.29, 1.82) is 0 Å². The number of aromatic nitrogens is 2. The second kappa shape index (κ2) is 7.59. The Balaban J connectivity index is 1.73. The van der Waals surface area contributed by atoms with E-state index in [0.717, 1.165) is 21.7 Å². The Morgan fingerprint density at radius 1 is 1.48 bits per heavy atom. The van der Waals surface area contributed by atoms with Crippen molar-refractivity contribution in [3.05, 3.63) is 17.8 Å². The predicted molar refractivity (Wildman–Crippen MR) is 102 cm³/mol. The Bertz CT molecular complexity index is 866. The van der Waals surface area contributed by atoms with Crippen molar-refractivity contribution in [2.45, 2.75) is 43.8 Å². The first kappa shape index (κ1) is 18.6. The second-order valence-electron chi connectivity index (χ2n) is 6.22. The van der Waals surface area contributed by atoms with Gasteiger partial charge in [0, 0.05) is 17.5 Å². The van der Waals surface area contributed by atoms with Gasteiger partial charge in [-0.2, -0.15) is 0 Å². The summed E-state index contributed by atoms with van der Waals surface area (Å²) in [6.07, 6.45) is 2.85. The summed E-state index contributed by atoms with van der Waals surface area (Å²) in [5.41, 5.74) is 0. The summed E-state index contributed by atoms with van der Waals surface area (Å²) >= 11 is 2.94. The van der Waals surface area contributed by atoms with Gasteiger partial charge >= 0.3 is 0 Å². The number of hydrogen-bond acceptors (Lipinski definition) is 7. The molecule has 3 heterocycles. The number of carbonyl (C=O) groups excluding carboxylic acids is 1. The van der Waals surface area contributed by atoms with E-state index in [1.54, 1.807) is 16.2 Å². The average molecular weight is 400 g/mol. The van der Waals surface area contributed by atoms with Crippen LogP contribution in [0.15, 0.2) is 22.8 Å². The molecule has 136 valence electrons. The van der Waals surface area contributed by atoms with Crippen LogP contribution in [0.3, 0.4) is 0 Å². The van der Waals surface area contributed by atoms with Gasteiger partial charge in [0.05, 0.1) is 17.3 Å². The molecule has 1 amide bonds. The zero-order valence-corrected chi connectivity index (χ0v) is 16.7. The molecule has 1 fully saturated rings. The molecule has 1 aliphatic rings. The van der Waals surface area contributed by atoms with Crippen LogP contribution in [0, 0.1) is 0 Å². The van der Waals surface area contributed by atoms with Gasteiger partial charge in [-0.1, -0.05) is 18.7 Å². The SMILES string of the molecule is CC[C@H](C)N(C(=O)CSc1ncnc2sccc12)[C@@H]1CCS(=O)(=O)C1. The predicted octanol–water partition coefficient (Wildman–Crippen LogP) is 2.60. The quantitative estimate of drug-likeness (QED) is 0.549. The fraction of sp³-hybridized carbons (Fsp3) is 0.562. The number of fused-ring (bicyclic) bond motifs is 1. The van der Waals surface area contributed by atoms with E-state index in [2.05, 4.69) is 9.97 Å². The topological polar surface area (TPSA) is 80.2 Å². The van der Waals surface area contributed by atoms with Crippen molar-refractivity contribution in [3.8, 4) is 0 Å². The van der Waals surface area contributed by atoms with E-state index >= 15 is 0 Å². The molecule has 0 aromatic carbocycles. The van der Waals surface area contributed by atoms with Gasteiger partial charge in [-0.15, -0.1) is 11.3 Å². The minimum absolute atomic E-state index is 0.0246. The Kier molecular flexibility index (Phi) is 5.65. The summed E-state index contributed by atoms with van der Waals surface area (Å²) in [5, 5.41) is 3.71. The van der Waals surface area contributed by atoms with Gasteiger partial charge in [-0.05, 0) is 31.2 Å². The number of sulfone groups is 1. The summed E-state index contributed by atoms with van der Waals surface area (Å²) in [7, 11) is -3.02. The smallest absolute Gasteiger partial charge is 0.233 e. The van der Waals surface area contributed by atoms with Crippen LogP contribution in [0.2, 0.25) is 0 Å². The highest BCUT2D eigenvalue weighted by Crippen LogP contribution is 2.29. The Morgan fingerprint density at radius 3 is 2.96 bits per heavy atom. The molecule has 0 aliphatic carbocycles. The highest BCUT2D eigenvalue weighted by molar-refractivity contribution is 8.00. The molecule has 2 aromatic rings. The van der Waals surface area contributed by atoms with Gasteiger partial charge in [0.1, 0.15) is 16.2 Å². The maximum absolute atomic E-state index is 12.9. The monoisotopic (exact) mass is 399 g/mol. The van der Waals surface area contributed by atoms with Crippen LogP contribution < -0.4 is 0 Å². The van der Waals surface area contributed by atoms with Crippen molar-refractivity contribution in [2.24, 2.45) is 0 Å². The Hall–Kier alpha value is -1.19. The van der Waals surface area contributed by atoms with Crippen molar-refractivity contribution >= 4 is 49.1 Å². The molecule has 0 radical (unpaired) electrons. The molecule has 2 aromatic heterocycles. The van der Waals surface area contributed by atoms with Gasteiger partial charge < -0.3 is 4.90 Å². The van der Waals surface area contributed by atoms with Crippen LogP contribution in [-0.2, 0) is 14.6 Å². The molecule has 0 spiro atoms. The summed E-state index contributed by atoms with van der Waals surface area (Å²) in [6, 6.07) is 1.78. The zero-order chi connectivity index (χ0) is 18.0. The lowest BCUT2D eigenvalue weighted by Gasteiger charge is -2.33. The highest BCUT2D eigenvalue weighted by Gasteiger charge is 2.36. The number of amides is 1. The van der Waals surface area contributed by atoms with Crippen LogP contribution in [0.4, 0.5) is 0 Å². The Morgan fingerprint density at radius 2 is 2.28 bits per heavy atom. The number of rotatable bonds is 6. The number of thiophene rings is 1. The van der Waals surface area contributed by atoms with Gasteiger partial charge in [0.25, 0.3) is 0 Å². The van der Waals surface area contributed by atoms with E-state index in [4.69, 9.17) is 0 Å². The van der Waals surface area contributed by atoms with E-state index in [0.29, 0.717) is 6.42 Å². The summed E-state index contributed by atoms with van der Waals surface area (Å²) < 4.78 is 23.6. The summed E-state index contributed by atoms with van der Waals surface area (Å²) in [4.78, 5) is 24.1. The van der Waals surface area contributed by atoms with Crippen LogP contribution >= 0.6 is 23.1 Å². The number of nitrogens with zero attached hydrogens (tertiary/aromatic N) is 3. The average Bonchev–Trinajstić information content (AvgIpc) is 3.19. The third-order valence-corrected chi connectivity index (χ3v) is 8.07. The third kappa shape index (κ3) is 4.15. The first-order chi connectivity index (χ1) is 11.9. The molecular weight excluding hydrogens is 378 g/mol. The largest absolute Gasteiger partial charge is 0.335 e. The summed E-state index contributed by atoms with van der Waals surface area (Å²) in [5.74, 6) is 0.481. The van der Waals surface area contributed by atoms with E-state index < -0.39 is 9.84 Å². The highest BCUT2D eigenvalue weighted by atomic mass is 32.2. The van der Waals surface area contributed by atoms with Gasteiger partial charge in [-0.25, -0.2) is 18.4 Å². The first-order valence-electron chi connectivity index (χ1n) is 8.24. The number of carbonyl (C=O) groups is 1. The van der Waals surface area contributed by atoms with Crippen LogP contribution in [-0.4, -0.2) is 58.5 Å². The lowest BCUT2D eigenvalue weighted by molar-refractivity contribution is -0.132. The normalized spacial score (nSPS) is 20.6. The molecule has 0 saturated carbocycles. The van der Waals surface area contributed by atoms with E-state index in [-0.39, 0.29) is 35.2 Å². The third-order valence-electron chi connectivity index (χ3n) is 4.51. The molecule has 3 rings (SSSR count). The second-order valence-corrected chi connectivity index (χ2v) is 10.3. The molecular formula is C16H21N3O3S3. The maximum atomic E-state index is 12.9. The van der Waals surface area contributed by atoms with E-state index in [1.165, 1.54) is 18.1 Å². The fourth-order valence-corrected chi connectivity index (χ4v) is 6.45. The molecule has 9 heteroatoms. The number of thioether (sulfide) groups is 1. The molecule has 25 heavy (non-hydrogen) atoms. The van der Waals surface area contributed by atoms with Gasteiger partial charge in [-0.3, -0.25) is 4.79 Å². The molecule has 1 saturated heterocycles. The van der Waals surface area contributed by atoms with Crippen molar-refractivity contribution in [1.82, 2.24) is 14.9 Å². The van der Waals surface area contributed by atoms with Crippen LogP contribution in [0.25, 0.3) is 10.2 Å². The first-order valence-corrected chi connectivity index (χ1v) is 11.9. The molecule has 0 bridgehead atoms. The van der Waals surface area contributed by atoms with E-state index in [9.17, 15) is 13.2 Å². The maximum Gasteiger partial charge on any atom is 0.233 e. The fourth-order valence-electron chi connectivity index (χ4n) is 3.09. The standard InChI is InChI=1S/C16H21N3O3S3/c1-3-11(2)19(12-5-7-25(21,22)9-12)14(20)8-24-16-13-4-6-23-15(13)17-10-18-16/h4,6,10-12H,3,5,7-9H2,1-2H3/t11-,12+/m0/s1. The zero-order valence-electron chi connectivity index (χ0n) is 14.2. The lowest BCUT2D eigenvalue weighted by atomic mass is 10.1. The molecule has 1 aliphatic heterocycles. The van der Waals surface area contributed by atoms with E-state index in [1.807, 2.05) is 25.3 Å². The molecule has 0 N–H and O–H groups in total. The van der Waals surface area contributed by atoms with Gasteiger partial charge in [0.2, 0.25) is 5.91 Å². The minimum atomic E-state index is -3.02. The molecule has 0 unspecified atom stereocenters.